The number of benzene rings is 1. The van der Waals surface area contributed by atoms with Gasteiger partial charge in [-0.1, -0.05) is 104 Å². The summed E-state index contributed by atoms with van der Waals surface area (Å²) in [7, 11) is 0. The van der Waals surface area contributed by atoms with E-state index in [1.807, 2.05) is 0 Å². The van der Waals surface area contributed by atoms with E-state index in [1.165, 1.54) is 51.4 Å². The highest BCUT2D eigenvalue weighted by molar-refractivity contribution is 6.03. The van der Waals surface area contributed by atoms with Crippen molar-refractivity contribution in [3.8, 4) is 0 Å². The van der Waals surface area contributed by atoms with Gasteiger partial charge in [0.2, 0.25) is 0 Å². The quantitative estimate of drug-likeness (QED) is 0.140. The van der Waals surface area contributed by atoms with Gasteiger partial charge in [0.15, 0.2) is 0 Å². The summed E-state index contributed by atoms with van der Waals surface area (Å²) in [4.78, 5) is 26.1. The Labute approximate surface area is 209 Å². The van der Waals surface area contributed by atoms with Crippen LogP contribution in [0.15, 0.2) is 24.3 Å². The zero-order chi connectivity index (χ0) is 25.0. The number of carbonyl (C=O) groups excluding carboxylic acids is 2. The monoisotopic (exact) mass is 474 g/mol. The molecule has 0 aliphatic rings. The Morgan fingerprint density at radius 3 is 1.29 bits per heavy atom. The molecule has 0 aliphatic heterocycles. The van der Waals surface area contributed by atoms with Crippen LogP contribution >= 0.6 is 0 Å². The second kappa shape index (κ2) is 19.5. The van der Waals surface area contributed by atoms with Gasteiger partial charge in [0, 0.05) is 0 Å². The first-order chi connectivity index (χ1) is 16.6. The summed E-state index contributed by atoms with van der Waals surface area (Å²) in [5.74, 6) is -0.822. The maximum Gasteiger partial charge on any atom is 0.339 e. The average Bonchev–Trinajstić information content (AvgIpc) is 2.83. The van der Waals surface area contributed by atoms with E-state index in [4.69, 9.17) is 9.47 Å². The molecule has 0 saturated carbocycles. The highest BCUT2D eigenvalue weighted by Gasteiger charge is 2.23. The number of ether oxygens (including phenoxy) is 2. The molecule has 0 N–H and O–H groups in total. The number of hydrogen-bond acceptors (Lipinski definition) is 4. The van der Waals surface area contributed by atoms with E-state index in [1.54, 1.807) is 24.3 Å². The van der Waals surface area contributed by atoms with Gasteiger partial charge in [0.1, 0.15) is 12.2 Å². The number of rotatable bonds is 20. The van der Waals surface area contributed by atoms with E-state index in [-0.39, 0.29) is 12.2 Å². The zero-order valence-corrected chi connectivity index (χ0v) is 22.4. The van der Waals surface area contributed by atoms with Crippen LogP contribution in [0.4, 0.5) is 0 Å². The molecule has 0 heterocycles. The van der Waals surface area contributed by atoms with E-state index in [0.29, 0.717) is 11.1 Å². The first-order valence-corrected chi connectivity index (χ1v) is 14.1. The van der Waals surface area contributed by atoms with Crippen molar-refractivity contribution in [2.45, 2.75) is 143 Å². The third-order valence-corrected chi connectivity index (χ3v) is 6.39. The molecule has 2 atom stereocenters. The van der Waals surface area contributed by atoms with Crippen molar-refractivity contribution in [3.63, 3.8) is 0 Å². The van der Waals surface area contributed by atoms with E-state index in [9.17, 15) is 9.59 Å². The Hall–Kier alpha value is -1.84. The highest BCUT2D eigenvalue weighted by Crippen LogP contribution is 2.20. The molecule has 1 rings (SSSR count). The van der Waals surface area contributed by atoms with Crippen molar-refractivity contribution in [1.82, 2.24) is 0 Å². The maximum atomic E-state index is 13.0. The number of unbranched alkanes of at least 4 members (excludes halogenated alkanes) is 8. The topological polar surface area (TPSA) is 52.6 Å². The second-order valence-corrected chi connectivity index (χ2v) is 9.58. The van der Waals surface area contributed by atoms with Crippen molar-refractivity contribution in [1.29, 1.82) is 0 Å². The van der Waals surface area contributed by atoms with Crippen LogP contribution in [0.25, 0.3) is 0 Å². The van der Waals surface area contributed by atoms with Crippen molar-refractivity contribution in [2.24, 2.45) is 0 Å². The summed E-state index contributed by atoms with van der Waals surface area (Å²) in [6.07, 6.45) is 17.1. The third kappa shape index (κ3) is 12.6. The molecule has 1 aromatic rings. The van der Waals surface area contributed by atoms with Crippen LogP contribution in [0.1, 0.15) is 151 Å². The summed E-state index contributed by atoms with van der Waals surface area (Å²) < 4.78 is 11.8. The van der Waals surface area contributed by atoms with Crippen LogP contribution in [0.3, 0.4) is 0 Å². The molecule has 194 valence electrons. The summed E-state index contributed by atoms with van der Waals surface area (Å²) in [6.45, 7) is 8.64. The lowest BCUT2D eigenvalue weighted by atomic mass is 10.0. The molecule has 0 aliphatic carbocycles. The maximum absolute atomic E-state index is 13.0. The molecule has 0 spiro atoms. The summed E-state index contributed by atoms with van der Waals surface area (Å²) in [6, 6.07) is 6.93. The SMILES string of the molecule is CCCCCCCC(CCC)OC(=O)c1ccccc1C(=O)OC(CCC)CCCCCCC. The van der Waals surface area contributed by atoms with Crippen molar-refractivity contribution in [3.05, 3.63) is 35.4 Å². The molecular formula is C30H50O4. The predicted molar refractivity (Wildman–Crippen MR) is 141 cm³/mol. The zero-order valence-electron chi connectivity index (χ0n) is 22.4. The summed E-state index contributed by atoms with van der Waals surface area (Å²) in [5.41, 5.74) is 0.635. The van der Waals surface area contributed by atoms with Gasteiger partial charge in [-0.15, -0.1) is 0 Å². The van der Waals surface area contributed by atoms with Gasteiger partial charge in [-0.05, 0) is 50.7 Å². The van der Waals surface area contributed by atoms with Crippen LogP contribution < -0.4 is 0 Å². The third-order valence-electron chi connectivity index (χ3n) is 6.39. The molecule has 0 fully saturated rings. The minimum absolute atomic E-state index is 0.0980. The van der Waals surface area contributed by atoms with Crippen LogP contribution in [0.5, 0.6) is 0 Å². The van der Waals surface area contributed by atoms with Gasteiger partial charge in [0.05, 0.1) is 11.1 Å². The molecule has 1 aromatic carbocycles. The highest BCUT2D eigenvalue weighted by atomic mass is 16.5. The van der Waals surface area contributed by atoms with Gasteiger partial charge < -0.3 is 9.47 Å². The van der Waals surface area contributed by atoms with E-state index >= 15 is 0 Å². The molecule has 4 nitrogen and oxygen atoms in total. The number of hydrogen-bond donors (Lipinski definition) is 0. The molecule has 0 radical (unpaired) electrons. The largest absolute Gasteiger partial charge is 0.459 e. The molecule has 0 bridgehead atoms. The average molecular weight is 475 g/mol. The minimum atomic E-state index is -0.411. The van der Waals surface area contributed by atoms with Gasteiger partial charge in [-0.25, -0.2) is 9.59 Å². The van der Waals surface area contributed by atoms with E-state index in [2.05, 4.69) is 27.7 Å². The van der Waals surface area contributed by atoms with Gasteiger partial charge in [-0.2, -0.15) is 0 Å². The number of carbonyl (C=O) groups is 2. The Bertz CT molecular complexity index is 613. The molecule has 0 amide bonds. The van der Waals surface area contributed by atoms with Crippen LogP contribution in [0.2, 0.25) is 0 Å². The first-order valence-electron chi connectivity index (χ1n) is 14.1. The fourth-order valence-electron chi connectivity index (χ4n) is 4.39. The van der Waals surface area contributed by atoms with Gasteiger partial charge >= 0.3 is 11.9 Å². The lowest BCUT2D eigenvalue weighted by Gasteiger charge is -2.20. The van der Waals surface area contributed by atoms with E-state index < -0.39 is 11.9 Å². The second-order valence-electron chi connectivity index (χ2n) is 9.58. The smallest absolute Gasteiger partial charge is 0.339 e. The molecule has 0 saturated heterocycles. The fraction of sp³-hybridized carbons (Fsp3) is 0.733. The minimum Gasteiger partial charge on any atom is -0.459 e. The molecule has 34 heavy (non-hydrogen) atoms. The summed E-state index contributed by atoms with van der Waals surface area (Å²) >= 11 is 0. The lowest BCUT2D eigenvalue weighted by Crippen LogP contribution is -2.23. The normalized spacial score (nSPS) is 12.8. The van der Waals surface area contributed by atoms with Crippen molar-refractivity contribution < 1.29 is 19.1 Å². The molecular weight excluding hydrogens is 424 g/mol. The Morgan fingerprint density at radius 2 is 0.941 bits per heavy atom. The van der Waals surface area contributed by atoms with Crippen LogP contribution in [-0.2, 0) is 9.47 Å². The summed E-state index contributed by atoms with van der Waals surface area (Å²) in [5, 5.41) is 0. The molecule has 0 aromatic heterocycles. The van der Waals surface area contributed by atoms with Crippen LogP contribution in [0, 0.1) is 0 Å². The predicted octanol–water partition coefficient (Wildman–Crippen LogP) is 9.06. The number of esters is 2. The first kappa shape index (κ1) is 30.2. The van der Waals surface area contributed by atoms with Gasteiger partial charge in [0.25, 0.3) is 0 Å². The Balaban J connectivity index is 2.75. The molecule has 2 unspecified atom stereocenters. The van der Waals surface area contributed by atoms with E-state index in [0.717, 1.165) is 51.4 Å². The van der Waals surface area contributed by atoms with Crippen LogP contribution in [-0.4, -0.2) is 24.1 Å². The Kier molecular flexibility index (Phi) is 17.3. The Morgan fingerprint density at radius 1 is 0.559 bits per heavy atom. The van der Waals surface area contributed by atoms with Crippen molar-refractivity contribution in [2.75, 3.05) is 0 Å². The molecule has 4 heteroatoms. The fourth-order valence-corrected chi connectivity index (χ4v) is 4.39. The lowest BCUT2D eigenvalue weighted by molar-refractivity contribution is 0.0205. The van der Waals surface area contributed by atoms with Crippen molar-refractivity contribution >= 4 is 11.9 Å². The standard InChI is InChI=1S/C30H50O4/c1-5-9-11-13-15-21-25(19-7-3)33-29(31)27-23-17-18-24-28(27)30(32)34-26(20-8-4)22-16-14-12-10-6-2/h17-18,23-26H,5-16,19-22H2,1-4H3. The van der Waals surface area contributed by atoms with Gasteiger partial charge in [-0.3, -0.25) is 0 Å².